The molecule has 0 aromatic rings. The van der Waals surface area contributed by atoms with Gasteiger partial charge in [0.25, 0.3) is 0 Å². The highest BCUT2D eigenvalue weighted by molar-refractivity contribution is 7.85. The van der Waals surface area contributed by atoms with E-state index in [9.17, 15) is 4.21 Å². The Bertz CT molecular complexity index is 255. The van der Waals surface area contributed by atoms with Crippen LogP contribution in [0.3, 0.4) is 0 Å². The van der Waals surface area contributed by atoms with Crippen molar-refractivity contribution in [3.05, 3.63) is 0 Å². The second-order valence-corrected chi connectivity index (χ2v) is 6.76. The predicted molar refractivity (Wildman–Crippen MR) is 57.3 cm³/mol. The molecule has 3 nitrogen and oxygen atoms in total. The van der Waals surface area contributed by atoms with Gasteiger partial charge in [-0.2, -0.15) is 0 Å². The summed E-state index contributed by atoms with van der Waals surface area (Å²) in [7, 11) is 3.75. The first kappa shape index (κ1) is 10.6. The third kappa shape index (κ3) is 1.75. The molecule has 0 saturated carbocycles. The van der Waals surface area contributed by atoms with Crippen molar-refractivity contribution in [3.8, 4) is 0 Å². The third-order valence-corrected chi connectivity index (χ3v) is 5.14. The van der Waals surface area contributed by atoms with E-state index in [-0.39, 0.29) is 11.5 Å². The summed E-state index contributed by atoms with van der Waals surface area (Å²) in [5.41, 5.74) is -0.0550. The van der Waals surface area contributed by atoms with Gasteiger partial charge in [0.05, 0.1) is 37.2 Å². The quantitative estimate of drug-likeness (QED) is 0.606. The largest absolute Gasteiger partial charge is 0.355 e. The molecule has 82 valence electrons. The van der Waals surface area contributed by atoms with Gasteiger partial charge in [-0.3, -0.25) is 4.21 Å². The number of hydrogen-bond acceptors (Lipinski definition) is 2. The molecule has 0 radical (unpaired) electrons. The van der Waals surface area contributed by atoms with Crippen LogP contribution in [0.2, 0.25) is 0 Å². The monoisotopic (exact) mass is 218 g/mol. The first-order valence-electron chi connectivity index (χ1n) is 5.36. The molecule has 2 heterocycles. The van der Waals surface area contributed by atoms with Gasteiger partial charge in [0.1, 0.15) is 17.6 Å². The van der Waals surface area contributed by atoms with Crippen molar-refractivity contribution in [2.45, 2.75) is 37.3 Å². The van der Waals surface area contributed by atoms with Crippen LogP contribution in [-0.2, 0) is 15.5 Å². The predicted octanol–water partition coefficient (Wildman–Crippen LogP) is 0.719. The SMILES string of the molecule is C[C@H]1O[C@@H]([C@@H]2CCC[N+]2(C)C)C[S@@]1=O. The fraction of sp³-hybridized carbons (Fsp3) is 1.00. The van der Waals surface area contributed by atoms with Gasteiger partial charge in [-0.25, -0.2) is 0 Å². The fourth-order valence-corrected chi connectivity index (χ4v) is 3.87. The zero-order valence-electron chi connectivity index (χ0n) is 9.23. The van der Waals surface area contributed by atoms with Gasteiger partial charge in [-0.05, 0) is 6.92 Å². The minimum Gasteiger partial charge on any atom is -0.355 e. The summed E-state index contributed by atoms with van der Waals surface area (Å²) in [6.45, 7) is 3.15. The molecule has 2 fully saturated rings. The molecule has 2 rings (SSSR count). The Balaban J connectivity index is 2.06. The van der Waals surface area contributed by atoms with Crippen LogP contribution in [0.5, 0.6) is 0 Å². The van der Waals surface area contributed by atoms with E-state index in [1.165, 1.54) is 19.4 Å². The van der Waals surface area contributed by atoms with E-state index in [1.54, 1.807) is 0 Å². The maximum absolute atomic E-state index is 11.5. The second kappa shape index (κ2) is 3.58. The van der Waals surface area contributed by atoms with Gasteiger partial charge >= 0.3 is 0 Å². The van der Waals surface area contributed by atoms with Gasteiger partial charge in [0, 0.05) is 12.8 Å². The minimum atomic E-state index is -0.759. The molecule has 0 N–H and O–H groups in total. The molecule has 0 spiro atoms. The normalized spacial score (nSPS) is 47.1. The highest BCUT2D eigenvalue weighted by atomic mass is 32.2. The van der Waals surface area contributed by atoms with Crippen LogP contribution < -0.4 is 0 Å². The van der Waals surface area contributed by atoms with E-state index < -0.39 is 10.8 Å². The lowest BCUT2D eigenvalue weighted by atomic mass is 10.1. The van der Waals surface area contributed by atoms with E-state index in [2.05, 4.69) is 14.1 Å². The number of rotatable bonds is 1. The third-order valence-electron chi connectivity index (χ3n) is 3.63. The van der Waals surface area contributed by atoms with Crippen molar-refractivity contribution in [1.82, 2.24) is 0 Å². The number of likely N-dealkylation sites (N-methyl/N-ethyl adjacent to an activating group) is 1. The molecule has 0 aliphatic carbocycles. The van der Waals surface area contributed by atoms with E-state index >= 15 is 0 Å². The molecule has 4 atom stereocenters. The Morgan fingerprint density at radius 2 is 2.14 bits per heavy atom. The molecule has 0 bridgehead atoms. The summed E-state index contributed by atoms with van der Waals surface area (Å²) < 4.78 is 18.3. The van der Waals surface area contributed by atoms with Crippen LogP contribution in [0.4, 0.5) is 0 Å². The summed E-state index contributed by atoms with van der Waals surface area (Å²) in [5.74, 6) is 0.744. The smallest absolute Gasteiger partial charge is 0.130 e. The maximum atomic E-state index is 11.5. The molecular formula is C10H20NO2S+. The van der Waals surface area contributed by atoms with Crippen LogP contribution in [0.25, 0.3) is 0 Å². The summed E-state index contributed by atoms with van der Waals surface area (Å²) >= 11 is 0. The molecule has 2 saturated heterocycles. The fourth-order valence-electron chi connectivity index (χ4n) is 2.71. The van der Waals surface area contributed by atoms with Gasteiger partial charge in [0.2, 0.25) is 0 Å². The Labute approximate surface area is 88.5 Å². The lowest BCUT2D eigenvalue weighted by molar-refractivity contribution is -0.905. The Kier molecular flexibility index (Phi) is 2.70. The Morgan fingerprint density at radius 3 is 2.57 bits per heavy atom. The Morgan fingerprint density at radius 1 is 1.43 bits per heavy atom. The summed E-state index contributed by atoms with van der Waals surface area (Å²) in [6.07, 6.45) is 2.73. The average molecular weight is 218 g/mol. The van der Waals surface area contributed by atoms with Crippen molar-refractivity contribution in [3.63, 3.8) is 0 Å². The number of hydrogen-bond donors (Lipinski definition) is 0. The van der Waals surface area contributed by atoms with Crippen LogP contribution in [0, 0.1) is 0 Å². The topological polar surface area (TPSA) is 26.3 Å². The molecule has 0 unspecified atom stereocenters. The van der Waals surface area contributed by atoms with E-state index in [4.69, 9.17) is 4.74 Å². The molecule has 2 aliphatic rings. The van der Waals surface area contributed by atoms with Crippen molar-refractivity contribution >= 4 is 10.8 Å². The van der Waals surface area contributed by atoms with Crippen LogP contribution in [-0.4, -0.2) is 52.7 Å². The number of ether oxygens (including phenoxy) is 1. The van der Waals surface area contributed by atoms with E-state index in [0.29, 0.717) is 6.04 Å². The first-order chi connectivity index (χ1) is 6.50. The summed E-state index contributed by atoms with van der Waals surface area (Å²) in [6, 6.07) is 0.559. The van der Waals surface area contributed by atoms with Gasteiger partial charge < -0.3 is 9.22 Å². The van der Waals surface area contributed by atoms with Crippen LogP contribution in [0.15, 0.2) is 0 Å². The molecule has 2 aliphatic heterocycles. The highest BCUT2D eigenvalue weighted by Gasteiger charge is 2.45. The van der Waals surface area contributed by atoms with Crippen molar-refractivity contribution in [2.75, 3.05) is 26.4 Å². The van der Waals surface area contributed by atoms with Crippen LogP contribution in [0.1, 0.15) is 19.8 Å². The lowest BCUT2D eigenvalue weighted by Gasteiger charge is -2.34. The van der Waals surface area contributed by atoms with Gasteiger partial charge in [-0.15, -0.1) is 0 Å². The minimum absolute atomic E-state index is 0.0550. The van der Waals surface area contributed by atoms with Gasteiger partial charge in [0.15, 0.2) is 0 Å². The van der Waals surface area contributed by atoms with Crippen molar-refractivity contribution in [2.24, 2.45) is 0 Å². The molecule has 0 amide bonds. The van der Waals surface area contributed by atoms with Crippen LogP contribution >= 0.6 is 0 Å². The Hall–Kier alpha value is 0.0700. The number of likely N-dealkylation sites (tertiary alicyclic amines) is 1. The molecule has 4 heteroatoms. The molecule has 0 aromatic heterocycles. The number of quaternary nitrogens is 1. The summed E-state index contributed by atoms with van der Waals surface area (Å²) in [4.78, 5) is 0. The lowest BCUT2D eigenvalue weighted by Crippen LogP contribution is -2.50. The second-order valence-electron chi connectivity index (χ2n) is 5.00. The average Bonchev–Trinajstić information content (AvgIpc) is 2.56. The van der Waals surface area contributed by atoms with Crippen molar-refractivity contribution in [1.29, 1.82) is 0 Å². The van der Waals surface area contributed by atoms with Crippen molar-refractivity contribution < 1.29 is 13.4 Å². The first-order valence-corrected chi connectivity index (χ1v) is 6.74. The zero-order valence-corrected chi connectivity index (χ0v) is 10.0. The zero-order chi connectivity index (χ0) is 10.3. The molecular weight excluding hydrogens is 198 g/mol. The summed E-state index contributed by atoms with van der Waals surface area (Å²) in [5, 5.41) is 0. The molecule has 14 heavy (non-hydrogen) atoms. The highest BCUT2D eigenvalue weighted by Crippen LogP contribution is 2.30. The number of nitrogens with zero attached hydrogens (tertiary/aromatic N) is 1. The molecule has 0 aromatic carbocycles. The van der Waals surface area contributed by atoms with Gasteiger partial charge in [-0.1, -0.05) is 0 Å². The standard InChI is InChI=1S/C10H20NO2S/c1-8-13-10(7-14(8)12)9-5-4-6-11(9,2)3/h8-10H,4-7H2,1-3H3/q+1/t8-,9-,10+,14-/m0/s1. The van der Waals surface area contributed by atoms with E-state index in [1.807, 2.05) is 6.92 Å². The maximum Gasteiger partial charge on any atom is 0.130 e. The van der Waals surface area contributed by atoms with E-state index in [0.717, 1.165) is 10.2 Å².